The fourth-order valence-corrected chi connectivity index (χ4v) is 4.93. The third kappa shape index (κ3) is 2.81. The molecule has 194 valence electrons. The normalized spacial score (nSPS) is 12.9. The summed E-state index contributed by atoms with van der Waals surface area (Å²) in [5.74, 6) is 0. The summed E-state index contributed by atoms with van der Waals surface area (Å²) in [5.41, 5.74) is -7.85. The van der Waals surface area contributed by atoms with Crippen LogP contribution >= 0.6 is 0 Å². The second-order valence-corrected chi connectivity index (χ2v) is 8.77. The molecule has 0 atom stereocenters. The van der Waals surface area contributed by atoms with E-state index < -0.39 is 45.6 Å². The molecule has 7 aromatic rings. The molecule has 5 aromatic heterocycles. The van der Waals surface area contributed by atoms with Crippen molar-refractivity contribution in [2.24, 2.45) is 0 Å². The van der Waals surface area contributed by atoms with Crippen LogP contribution in [0.5, 0.6) is 0 Å². The van der Waals surface area contributed by atoms with E-state index in [4.69, 9.17) is 0 Å². The van der Waals surface area contributed by atoms with Crippen molar-refractivity contribution in [2.45, 2.75) is 12.4 Å². The molecule has 0 saturated carbocycles. The number of benzene rings is 2. The van der Waals surface area contributed by atoms with Crippen molar-refractivity contribution in [2.75, 3.05) is 0 Å². The van der Waals surface area contributed by atoms with E-state index in [1.165, 1.54) is 12.1 Å². The summed E-state index contributed by atoms with van der Waals surface area (Å²) < 4.78 is 83.2. The first-order valence-electron chi connectivity index (χ1n) is 10.9. The van der Waals surface area contributed by atoms with Crippen LogP contribution in [0.25, 0.3) is 55.2 Å². The Kier molecular flexibility index (Phi) is 4.14. The quantitative estimate of drug-likeness (QED) is 0.260. The molecule has 16 heteroatoms. The first-order chi connectivity index (χ1) is 18.8. The highest BCUT2D eigenvalue weighted by molar-refractivity contribution is 6.11. The third-order valence-corrected chi connectivity index (χ3v) is 6.61. The van der Waals surface area contributed by atoms with Crippen molar-refractivity contribution >= 4 is 55.2 Å². The number of halogens is 6. The molecule has 0 aliphatic carbocycles. The van der Waals surface area contributed by atoms with Crippen molar-refractivity contribution < 1.29 is 26.3 Å². The third-order valence-electron chi connectivity index (χ3n) is 6.61. The molecule has 0 amide bonds. The average molecular weight is 550 g/mol. The molecule has 0 saturated heterocycles. The monoisotopic (exact) mass is 550 g/mol. The maximum absolute atomic E-state index is 13.7. The number of rotatable bonds is 0. The zero-order valence-electron chi connectivity index (χ0n) is 19.0. The van der Waals surface area contributed by atoms with Crippen LogP contribution in [0.2, 0.25) is 0 Å². The number of imidazole rings is 2. The van der Waals surface area contributed by atoms with Crippen LogP contribution in [0.4, 0.5) is 26.3 Å². The Morgan fingerprint density at radius 3 is 1.80 bits per heavy atom. The summed E-state index contributed by atoms with van der Waals surface area (Å²) in [7, 11) is 0. The van der Waals surface area contributed by atoms with Gasteiger partial charge in [0.1, 0.15) is 23.3 Å². The lowest BCUT2D eigenvalue weighted by molar-refractivity contribution is -0.142. The lowest BCUT2D eigenvalue weighted by Crippen LogP contribution is -2.12. The summed E-state index contributed by atoms with van der Waals surface area (Å²) in [6, 6.07) is 6.16. The van der Waals surface area contributed by atoms with Crippen molar-refractivity contribution in [3.63, 3.8) is 0 Å². The summed E-state index contributed by atoms with van der Waals surface area (Å²) in [5, 5.41) is 18.3. The Bertz CT molecular complexity index is 2480. The van der Waals surface area contributed by atoms with Gasteiger partial charge in [0.05, 0.1) is 27.4 Å². The molecule has 0 N–H and O–H groups in total. The molecule has 0 fully saturated rings. The topological polar surface area (TPSA) is 142 Å². The Hall–Kier alpha value is -5.64. The molecule has 0 aliphatic rings. The zero-order valence-corrected chi connectivity index (χ0v) is 19.0. The SMILES string of the molecule is N#Cc1nc2nc3c4cc5c(=O)n6c7cc(C(F)(F)F)cc(C(F)(F)F)c7nc6c5cc4c(=O)n3c2nc1C#N. The van der Waals surface area contributed by atoms with Crippen molar-refractivity contribution in [3.8, 4) is 12.1 Å². The number of alkyl halides is 6. The van der Waals surface area contributed by atoms with Crippen LogP contribution in [0.15, 0.2) is 33.9 Å². The van der Waals surface area contributed by atoms with Gasteiger partial charge in [-0.3, -0.25) is 14.0 Å². The van der Waals surface area contributed by atoms with Gasteiger partial charge in [-0.1, -0.05) is 0 Å². The number of hydrogen-bond donors (Lipinski definition) is 0. The van der Waals surface area contributed by atoms with Gasteiger partial charge in [0.15, 0.2) is 28.3 Å². The zero-order chi connectivity index (χ0) is 28.5. The van der Waals surface area contributed by atoms with Crippen molar-refractivity contribution in [1.82, 2.24) is 28.7 Å². The van der Waals surface area contributed by atoms with Gasteiger partial charge in [-0.15, -0.1) is 0 Å². The van der Waals surface area contributed by atoms with Gasteiger partial charge in [-0.2, -0.15) is 36.9 Å². The summed E-state index contributed by atoms with van der Waals surface area (Å²) in [6.45, 7) is 0. The molecular weight excluding hydrogens is 546 g/mol. The second kappa shape index (κ2) is 7.06. The molecule has 0 aliphatic heterocycles. The Balaban J connectivity index is 1.63. The summed E-state index contributed by atoms with van der Waals surface area (Å²) in [6.07, 6.45) is -10.3. The number of nitrogens with zero attached hydrogens (tertiary/aromatic N) is 8. The first kappa shape index (κ1) is 23.5. The van der Waals surface area contributed by atoms with E-state index in [0.29, 0.717) is 10.5 Å². The predicted octanol–water partition coefficient (Wildman–Crippen LogP) is 3.76. The maximum atomic E-state index is 13.7. The van der Waals surface area contributed by atoms with Crippen LogP contribution in [0.1, 0.15) is 22.5 Å². The van der Waals surface area contributed by atoms with E-state index >= 15 is 0 Å². The van der Waals surface area contributed by atoms with Crippen LogP contribution in [0, 0.1) is 22.7 Å². The Morgan fingerprint density at radius 1 is 0.650 bits per heavy atom. The molecule has 7 rings (SSSR count). The van der Waals surface area contributed by atoms with Crippen LogP contribution in [-0.2, 0) is 12.4 Å². The lowest BCUT2D eigenvalue weighted by Gasteiger charge is -2.12. The molecule has 0 bridgehead atoms. The lowest BCUT2D eigenvalue weighted by atomic mass is 10.1. The standard InChI is InChI=1S/C24H4F6N8O2/c25-23(26,27)7-1-12(24(28,29)30)16-15(2-7)37-18(35-16)8-3-11-9(4-10(8)21(37)39)19-36-17-20(38(19)22(11)40)34-14(6-32)13(5-31)33-17/h1-4H. The fraction of sp³-hybridized carbons (Fsp3) is 0.0833. The number of aromatic nitrogens is 6. The molecule has 0 radical (unpaired) electrons. The summed E-state index contributed by atoms with van der Waals surface area (Å²) in [4.78, 5) is 42.7. The molecule has 2 aromatic carbocycles. The van der Waals surface area contributed by atoms with Crippen molar-refractivity contribution in [1.29, 1.82) is 10.5 Å². The molecule has 0 unspecified atom stereocenters. The highest BCUT2D eigenvalue weighted by Crippen LogP contribution is 2.40. The van der Waals surface area contributed by atoms with E-state index in [1.807, 2.05) is 0 Å². The summed E-state index contributed by atoms with van der Waals surface area (Å²) >= 11 is 0. The van der Waals surface area contributed by atoms with Crippen LogP contribution in [0.3, 0.4) is 0 Å². The number of hydrogen-bond acceptors (Lipinski definition) is 8. The second-order valence-electron chi connectivity index (χ2n) is 8.77. The van der Waals surface area contributed by atoms with Gasteiger partial charge in [-0.25, -0.2) is 24.3 Å². The predicted molar refractivity (Wildman–Crippen MR) is 124 cm³/mol. The minimum absolute atomic E-state index is 0.0299. The van der Waals surface area contributed by atoms with Gasteiger partial charge in [0.2, 0.25) is 0 Å². The molecular formula is C24H4F6N8O2. The number of fused-ring (bicyclic) bond motifs is 10. The largest absolute Gasteiger partial charge is 0.418 e. The highest BCUT2D eigenvalue weighted by atomic mass is 19.4. The Labute approximate surface area is 213 Å². The smallest absolute Gasteiger partial charge is 0.268 e. The van der Waals surface area contributed by atoms with Gasteiger partial charge in [0.25, 0.3) is 11.1 Å². The Morgan fingerprint density at radius 2 is 1.23 bits per heavy atom. The maximum Gasteiger partial charge on any atom is 0.418 e. The number of nitriles is 2. The van der Waals surface area contributed by atoms with E-state index in [9.17, 15) is 46.5 Å². The minimum Gasteiger partial charge on any atom is -0.268 e. The van der Waals surface area contributed by atoms with Gasteiger partial charge in [-0.05, 0) is 24.3 Å². The highest BCUT2D eigenvalue weighted by Gasteiger charge is 2.40. The van der Waals surface area contributed by atoms with Gasteiger partial charge >= 0.3 is 12.4 Å². The average Bonchev–Trinajstić information content (AvgIpc) is 3.60. The van der Waals surface area contributed by atoms with Gasteiger partial charge in [0, 0.05) is 10.8 Å². The van der Waals surface area contributed by atoms with E-state index in [0.717, 1.165) is 4.40 Å². The van der Waals surface area contributed by atoms with E-state index in [-0.39, 0.29) is 61.6 Å². The van der Waals surface area contributed by atoms with Crippen LogP contribution in [-0.4, -0.2) is 28.7 Å². The van der Waals surface area contributed by atoms with Crippen molar-refractivity contribution in [3.05, 3.63) is 67.5 Å². The molecule has 0 spiro atoms. The first-order valence-corrected chi connectivity index (χ1v) is 10.9. The molecule has 5 heterocycles. The van der Waals surface area contributed by atoms with Crippen LogP contribution < -0.4 is 11.1 Å². The van der Waals surface area contributed by atoms with E-state index in [1.54, 1.807) is 12.1 Å². The van der Waals surface area contributed by atoms with Gasteiger partial charge < -0.3 is 0 Å². The molecule has 10 nitrogen and oxygen atoms in total. The van der Waals surface area contributed by atoms with E-state index in [2.05, 4.69) is 19.9 Å². The molecule has 40 heavy (non-hydrogen) atoms. The fourth-order valence-electron chi connectivity index (χ4n) is 4.93. The minimum atomic E-state index is -5.21.